The largest absolute Gasteiger partial charge is 0.308 e. The molecule has 2 aromatic rings. The molecule has 1 heterocycles. The monoisotopic (exact) mass is 265 g/mol. The molecule has 0 fully saturated rings. The van der Waals surface area contributed by atoms with Crippen LogP contribution >= 0.6 is 11.7 Å². The Kier molecular flexibility index (Phi) is 4.78. The second-order valence-electron chi connectivity index (χ2n) is 4.13. The summed E-state index contributed by atoms with van der Waals surface area (Å²) in [7, 11) is 0. The van der Waals surface area contributed by atoms with Crippen molar-refractivity contribution in [3.05, 3.63) is 47.5 Å². The fourth-order valence-electron chi connectivity index (χ4n) is 1.81. The van der Waals surface area contributed by atoms with Gasteiger partial charge in [0.2, 0.25) is 0 Å². The lowest BCUT2D eigenvalue weighted by Crippen LogP contribution is -2.24. The molecule has 0 saturated heterocycles. The van der Waals surface area contributed by atoms with E-state index in [1.807, 2.05) is 12.1 Å². The van der Waals surface area contributed by atoms with Crippen molar-refractivity contribution in [1.29, 1.82) is 0 Å². The van der Waals surface area contributed by atoms with Crippen LogP contribution < -0.4 is 5.32 Å². The minimum atomic E-state index is -0.163. The van der Waals surface area contributed by atoms with Crippen LogP contribution in [0.4, 0.5) is 4.39 Å². The second-order valence-corrected chi connectivity index (χ2v) is 4.69. The van der Waals surface area contributed by atoms with Gasteiger partial charge in [-0.25, -0.2) is 4.39 Å². The molecule has 0 amide bonds. The number of benzene rings is 1. The van der Waals surface area contributed by atoms with Crippen molar-refractivity contribution in [2.75, 3.05) is 6.54 Å². The lowest BCUT2D eigenvalue weighted by Gasteiger charge is -2.16. The molecule has 1 N–H and O–H groups in total. The Hall–Kier alpha value is -1.33. The number of nitrogens with one attached hydrogen (secondary N) is 1. The zero-order chi connectivity index (χ0) is 12.8. The third kappa shape index (κ3) is 3.34. The van der Waals surface area contributed by atoms with Gasteiger partial charge in [-0.2, -0.15) is 8.75 Å². The first-order chi connectivity index (χ1) is 8.81. The van der Waals surface area contributed by atoms with Gasteiger partial charge in [-0.1, -0.05) is 25.1 Å². The topological polar surface area (TPSA) is 37.8 Å². The molecular formula is C13H16FN3S. The first kappa shape index (κ1) is 13.1. The van der Waals surface area contributed by atoms with Gasteiger partial charge in [0.15, 0.2) is 0 Å². The van der Waals surface area contributed by atoms with E-state index < -0.39 is 0 Å². The summed E-state index contributed by atoms with van der Waals surface area (Å²) in [5, 5.41) is 3.39. The highest BCUT2D eigenvalue weighted by Gasteiger charge is 2.15. The van der Waals surface area contributed by atoms with Crippen LogP contribution in [0.3, 0.4) is 0 Å². The summed E-state index contributed by atoms with van der Waals surface area (Å²) in [5.41, 5.74) is 1.59. The predicted molar refractivity (Wildman–Crippen MR) is 71.0 cm³/mol. The number of rotatable bonds is 6. The van der Waals surface area contributed by atoms with Gasteiger partial charge in [-0.15, -0.1) is 0 Å². The molecular weight excluding hydrogens is 249 g/mol. The van der Waals surface area contributed by atoms with E-state index in [2.05, 4.69) is 21.0 Å². The van der Waals surface area contributed by atoms with E-state index in [-0.39, 0.29) is 11.9 Å². The molecule has 18 heavy (non-hydrogen) atoms. The lowest BCUT2D eigenvalue weighted by molar-refractivity contribution is 0.506. The van der Waals surface area contributed by atoms with Gasteiger partial charge >= 0.3 is 0 Å². The maximum absolute atomic E-state index is 13.7. The normalized spacial score (nSPS) is 12.6. The molecule has 5 heteroatoms. The van der Waals surface area contributed by atoms with Crippen LogP contribution in [0.5, 0.6) is 0 Å². The summed E-state index contributed by atoms with van der Waals surface area (Å²) in [6.45, 7) is 2.99. The molecule has 0 radical (unpaired) electrons. The quantitative estimate of drug-likeness (QED) is 0.872. The van der Waals surface area contributed by atoms with Gasteiger partial charge in [-0.05, 0) is 31.0 Å². The lowest BCUT2D eigenvalue weighted by atomic mass is 10.0. The summed E-state index contributed by atoms with van der Waals surface area (Å²) < 4.78 is 21.9. The van der Waals surface area contributed by atoms with Gasteiger partial charge in [0, 0.05) is 0 Å². The third-order valence-electron chi connectivity index (χ3n) is 2.76. The van der Waals surface area contributed by atoms with E-state index in [4.69, 9.17) is 0 Å². The highest BCUT2D eigenvalue weighted by molar-refractivity contribution is 6.99. The maximum Gasteiger partial charge on any atom is 0.126 e. The number of hydrogen-bond acceptors (Lipinski definition) is 4. The van der Waals surface area contributed by atoms with Crippen molar-refractivity contribution >= 4 is 11.7 Å². The Morgan fingerprint density at radius 2 is 2.22 bits per heavy atom. The van der Waals surface area contributed by atoms with E-state index in [0.717, 1.165) is 18.7 Å². The fraction of sp³-hybridized carbons (Fsp3) is 0.385. The zero-order valence-electron chi connectivity index (χ0n) is 10.3. The first-order valence-electron chi connectivity index (χ1n) is 6.05. The Morgan fingerprint density at radius 3 is 2.89 bits per heavy atom. The molecule has 2 rings (SSSR count). The van der Waals surface area contributed by atoms with Crippen LogP contribution in [0.1, 0.15) is 30.6 Å². The number of hydrogen-bond donors (Lipinski definition) is 1. The molecule has 0 aliphatic rings. The highest BCUT2D eigenvalue weighted by atomic mass is 32.1. The third-order valence-corrected chi connectivity index (χ3v) is 3.25. The van der Waals surface area contributed by atoms with Gasteiger partial charge in [0.05, 0.1) is 29.7 Å². The van der Waals surface area contributed by atoms with Crippen molar-refractivity contribution in [2.45, 2.75) is 25.8 Å². The standard InChI is InChI=1S/C13H16FN3S/c1-2-7-15-12(13-9-16-18-17-13)8-10-5-3-4-6-11(10)14/h3-6,9,12,15H,2,7-8H2,1H3. The summed E-state index contributed by atoms with van der Waals surface area (Å²) in [6, 6.07) is 6.90. The summed E-state index contributed by atoms with van der Waals surface area (Å²) in [5.74, 6) is -0.163. The number of aromatic nitrogens is 2. The van der Waals surface area contributed by atoms with Crippen molar-refractivity contribution in [3.63, 3.8) is 0 Å². The zero-order valence-corrected chi connectivity index (χ0v) is 11.1. The van der Waals surface area contributed by atoms with Crippen LogP contribution in [0, 0.1) is 5.82 Å². The molecule has 3 nitrogen and oxygen atoms in total. The predicted octanol–water partition coefficient (Wildman–Crippen LogP) is 2.96. The van der Waals surface area contributed by atoms with Crippen LogP contribution in [-0.4, -0.2) is 15.3 Å². The molecule has 0 spiro atoms. The summed E-state index contributed by atoms with van der Waals surface area (Å²) >= 11 is 1.18. The van der Waals surface area contributed by atoms with E-state index >= 15 is 0 Å². The van der Waals surface area contributed by atoms with Crippen LogP contribution in [-0.2, 0) is 6.42 Å². The Balaban J connectivity index is 2.13. The molecule has 0 saturated carbocycles. The van der Waals surface area contributed by atoms with Crippen molar-refractivity contribution in [3.8, 4) is 0 Å². The summed E-state index contributed by atoms with van der Waals surface area (Å²) in [6.07, 6.45) is 3.38. The van der Waals surface area contributed by atoms with E-state index in [9.17, 15) is 4.39 Å². The molecule has 0 aliphatic carbocycles. The van der Waals surface area contributed by atoms with E-state index in [0.29, 0.717) is 12.0 Å². The average Bonchev–Trinajstić information content (AvgIpc) is 2.90. The van der Waals surface area contributed by atoms with Gasteiger partial charge in [0.1, 0.15) is 5.82 Å². The maximum atomic E-state index is 13.7. The second kappa shape index (κ2) is 6.56. The van der Waals surface area contributed by atoms with Crippen LogP contribution in [0.2, 0.25) is 0 Å². The first-order valence-corrected chi connectivity index (χ1v) is 6.78. The van der Waals surface area contributed by atoms with Gasteiger partial charge in [-0.3, -0.25) is 0 Å². The van der Waals surface area contributed by atoms with E-state index in [1.165, 1.54) is 17.8 Å². The summed E-state index contributed by atoms with van der Waals surface area (Å²) in [4.78, 5) is 0. The van der Waals surface area contributed by atoms with Crippen molar-refractivity contribution in [2.24, 2.45) is 0 Å². The van der Waals surface area contributed by atoms with Gasteiger partial charge in [0.25, 0.3) is 0 Å². The number of halogens is 1. The minimum absolute atomic E-state index is 0.0283. The molecule has 0 bridgehead atoms. The molecule has 1 aromatic carbocycles. The van der Waals surface area contributed by atoms with Crippen LogP contribution in [0.25, 0.3) is 0 Å². The molecule has 96 valence electrons. The molecule has 1 unspecified atom stereocenters. The molecule has 0 aliphatic heterocycles. The van der Waals surface area contributed by atoms with Crippen molar-refractivity contribution in [1.82, 2.24) is 14.1 Å². The minimum Gasteiger partial charge on any atom is -0.308 e. The fourth-order valence-corrected chi connectivity index (χ4v) is 2.28. The van der Waals surface area contributed by atoms with Crippen molar-refractivity contribution < 1.29 is 4.39 Å². The SMILES string of the molecule is CCCNC(Cc1ccccc1F)c1cnsn1. The Bertz CT molecular complexity index is 473. The Morgan fingerprint density at radius 1 is 1.39 bits per heavy atom. The Labute approximate surface area is 110 Å². The van der Waals surface area contributed by atoms with Crippen LogP contribution in [0.15, 0.2) is 30.5 Å². The van der Waals surface area contributed by atoms with Gasteiger partial charge < -0.3 is 5.32 Å². The smallest absolute Gasteiger partial charge is 0.126 e. The molecule has 1 atom stereocenters. The average molecular weight is 265 g/mol. The highest BCUT2D eigenvalue weighted by Crippen LogP contribution is 2.19. The van der Waals surface area contributed by atoms with E-state index in [1.54, 1.807) is 12.3 Å². The molecule has 1 aromatic heterocycles. The number of nitrogens with zero attached hydrogens (tertiary/aromatic N) is 2.